The van der Waals surface area contributed by atoms with Gasteiger partial charge >= 0.3 is 6.18 Å². The Morgan fingerprint density at radius 3 is 2.61 bits per heavy atom. The highest BCUT2D eigenvalue weighted by Crippen LogP contribution is 2.33. The van der Waals surface area contributed by atoms with E-state index in [1.165, 1.54) is 19.3 Å². The molecule has 1 aliphatic rings. The fourth-order valence-corrected chi connectivity index (χ4v) is 3.83. The van der Waals surface area contributed by atoms with Crippen LogP contribution in [0.15, 0.2) is 42.6 Å². The van der Waals surface area contributed by atoms with E-state index in [2.05, 4.69) is 20.2 Å². The van der Waals surface area contributed by atoms with Crippen LogP contribution in [0, 0.1) is 0 Å². The molecule has 9 heteroatoms. The van der Waals surface area contributed by atoms with Crippen molar-refractivity contribution in [3.05, 3.63) is 53.2 Å². The van der Waals surface area contributed by atoms with Gasteiger partial charge in [-0.1, -0.05) is 18.0 Å². The Morgan fingerprint density at radius 1 is 1.03 bits per heavy atom. The number of piperidine rings is 1. The third-order valence-electron chi connectivity index (χ3n) is 5.23. The average Bonchev–Trinajstić information content (AvgIpc) is 2.76. The topological polar surface area (TPSA) is 50.3 Å². The molecule has 0 unspecified atom stereocenters. The maximum absolute atomic E-state index is 12.9. The molecule has 1 N–H and O–H groups in total. The van der Waals surface area contributed by atoms with Crippen LogP contribution in [0.2, 0.25) is 5.02 Å². The molecule has 0 spiro atoms. The minimum absolute atomic E-state index is 0.0479. The summed E-state index contributed by atoms with van der Waals surface area (Å²) >= 11 is 6.33. The summed E-state index contributed by atoms with van der Waals surface area (Å²) in [4.78, 5) is 10.8. The number of benzene rings is 1. The van der Waals surface area contributed by atoms with Gasteiger partial charge in [0.25, 0.3) is 0 Å². The van der Waals surface area contributed by atoms with Gasteiger partial charge in [0.2, 0.25) is 0 Å². The van der Waals surface area contributed by atoms with Gasteiger partial charge in [-0.15, -0.1) is 0 Å². The van der Waals surface area contributed by atoms with E-state index in [0.29, 0.717) is 28.7 Å². The van der Waals surface area contributed by atoms with Crippen LogP contribution in [-0.2, 0) is 6.18 Å². The molecule has 3 heterocycles. The maximum atomic E-state index is 12.9. The van der Waals surface area contributed by atoms with Gasteiger partial charge in [-0.3, -0.25) is 4.90 Å². The second-order valence-electron chi connectivity index (χ2n) is 7.44. The molecule has 0 amide bonds. The zero-order valence-electron chi connectivity index (χ0n) is 16.8. The number of halogens is 4. The summed E-state index contributed by atoms with van der Waals surface area (Å²) in [6, 6.07) is 8.83. The number of pyridine rings is 2. The Kier molecular flexibility index (Phi) is 6.48. The maximum Gasteiger partial charge on any atom is 0.416 e. The molecule has 0 bridgehead atoms. The Balaban J connectivity index is 1.50. The van der Waals surface area contributed by atoms with E-state index >= 15 is 0 Å². The van der Waals surface area contributed by atoms with Crippen LogP contribution in [0.5, 0.6) is 5.75 Å². The van der Waals surface area contributed by atoms with Crippen molar-refractivity contribution in [3.63, 3.8) is 0 Å². The molecule has 0 radical (unpaired) electrons. The number of rotatable bonds is 6. The summed E-state index contributed by atoms with van der Waals surface area (Å²) in [5.41, 5.74) is -0.276. The predicted octanol–water partition coefficient (Wildman–Crippen LogP) is 5.91. The standard InChI is InChI=1S/C22H22ClF3N4O/c23-17-5-6-18(31-13-12-30-10-2-1-3-11-30)16-4-7-19(29-21(16)17)28-20-14-15(8-9-27-20)22(24,25)26/h4-9,14H,1-3,10-13H2,(H,27,28,29). The quantitative estimate of drug-likeness (QED) is 0.506. The normalized spacial score (nSPS) is 15.2. The zero-order chi connectivity index (χ0) is 21.8. The van der Waals surface area contributed by atoms with E-state index in [1.54, 1.807) is 18.2 Å². The van der Waals surface area contributed by atoms with Crippen molar-refractivity contribution in [2.75, 3.05) is 31.6 Å². The van der Waals surface area contributed by atoms with Gasteiger partial charge in [-0.2, -0.15) is 13.2 Å². The van der Waals surface area contributed by atoms with Gasteiger partial charge in [0.1, 0.15) is 24.0 Å². The molecule has 4 rings (SSSR count). The lowest BCUT2D eigenvalue weighted by Gasteiger charge is -2.26. The van der Waals surface area contributed by atoms with Crippen LogP contribution in [0.4, 0.5) is 24.8 Å². The molecule has 3 aromatic rings. The Morgan fingerprint density at radius 2 is 1.84 bits per heavy atom. The molecular formula is C22H22ClF3N4O. The molecule has 1 aromatic carbocycles. The van der Waals surface area contributed by atoms with E-state index in [1.807, 2.05) is 6.07 Å². The van der Waals surface area contributed by atoms with Crippen LogP contribution >= 0.6 is 11.6 Å². The van der Waals surface area contributed by atoms with Crippen LogP contribution in [-0.4, -0.2) is 41.1 Å². The van der Waals surface area contributed by atoms with Crippen molar-refractivity contribution in [1.82, 2.24) is 14.9 Å². The highest BCUT2D eigenvalue weighted by Gasteiger charge is 2.30. The van der Waals surface area contributed by atoms with Crippen LogP contribution < -0.4 is 10.1 Å². The number of aromatic nitrogens is 2. The molecule has 164 valence electrons. The smallest absolute Gasteiger partial charge is 0.416 e. The van der Waals surface area contributed by atoms with Crippen molar-refractivity contribution >= 4 is 34.1 Å². The predicted molar refractivity (Wildman–Crippen MR) is 115 cm³/mol. The summed E-state index contributed by atoms with van der Waals surface area (Å²) in [7, 11) is 0. The number of nitrogens with zero attached hydrogens (tertiary/aromatic N) is 3. The van der Waals surface area contributed by atoms with Gasteiger partial charge in [-0.05, 0) is 62.3 Å². The monoisotopic (exact) mass is 450 g/mol. The number of fused-ring (bicyclic) bond motifs is 1. The summed E-state index contributed by atoms with van der Waals surface area (Å²) < 4.78 is 44.8. The lowest BCUT2D eigenvalue weighted by atomic mass is 10.1. The van der Waals surface area contributed by atoms with Gasteiger partial charge in [0.05, 0.1) is 16.1 Å². The van der Waals surface area contributed by atoms with Crippen molar-refractivity contribution in [1.29, 1.82) is 0 Å². The van der Waals surface area contributed by atoms with Gasteiger partial charge in [-0.25, -0.2) is 9.97 Å². The third kappa shape index (κ3) is 5.37. The molecule has 0 atom stereocenters. The molecular weight excluding hydrogens is 429 g/mol. The zero-order valence-corrected chi connectivity index (χ0v) is 17.5. The molecule has 0 saturated carbocycles. The molecule has 1 fully saturated rings. The molecule has 0 aliphatic carbocycles. The Labute approximate surface area is 183 Å². The van der Waals surface area contributed by atoms with Crippen LogP contribution in [0.1, 0.15) is 24.8 Å². The number of ether oxygens (including phenoxy) is 1. The minimum Gasteiger partial charge on any atom is -0.492 e. The number of likely N-dealkylation sites (tertiary alicyclic amines) is 1. The molecule has 1 aliphatic heterocycles. The average molecular weight is 451 g/mol. The Bertz CT molecular complexity index is 1050. The SMILES string of the molecule is FC(F)(F)c1ccnc(Nc2ccc3c(OCCN4CCCCC4)ccc(Cl)c3n2)c1. The lowest BCUT2D eigenvalue weighted by molar-refractivity contribution is -0.137. The van der Waals surface area contributed by atoms with Crippen molar-refractivity contribution in [3.8, 4) is 5.75 Å². The number of alkyl halides is 3. The van der Waals surface area contributed by atoms with Crippen molar-refractivity contribution in [2.45, 2.75) is 25.4 Å². The van der Waals surface area contributed by atoms with Gasteiger partial charge in [0, 0.05) is 18.1 Å². The van der Waals surface area contributed by atoms with Gasteiger partial charge in [0.15, 0.2) is 0 Å². The first-order valence-corrected chi connectivity index (χ1v) is 10.5. The van der Waals surface area contributed by atoms with E-state index in [-0.39, 0.29) is 5.82 Å². The number of nitrogens with one attached hydrogen (secondary N) is 1. The first kappa shape index (κ1) is 21.6. The largest absolute Gasteiger partial charge is 0.492 e. The third-order valence-corrected chi connectivity index (χ3v) is 5.53. The summed E-state index contributed by atoms with van der Waals surface area (Å²) in [5.74, 6) is 1.06. The highest BCUT2D eigenvalue weighted by molar-refractivity contribution is 6.35. The first-order valence-electron chi connectivity index (χ1n) is 10.1. The molecule has 1 saturated heterocycles. The van der Waals surface area contributed by atoms with Crippen LogP contribution in [0.25, 0.3) is 10.9 Å². The van der Waals surface area contributed by atoms with E-state index in [4.69, 9.17) is 16.3 Å². The fraction of sp³-hybridized carbons (Fsp3) is 0.364. The summed E-state index contributed by atoms with van der Waals surface area (Å²) in [6.45, 7) is 3.62. The summed E-state index contributed by atoms with van der Waals surface area (Å²) in [6.07, 6.45) is 0.402. The van der Waals surface area contributed by atoms with E-state index in [9.17, 15) is 13.2 Å². The summed E-state index contributed by atoms with van der Waals surface area (Å²) in [5, 5.41) is 3.99. The molecule has 5 nitrogen and oxygen atoms in total. The van der Waals surface area contributed by atoms with Crippen molar-refractivity contribution < 1.29 is 17.9 Å². The molecule has 31 heavy (non-hydrogen) atoms. The van der Waals surface area contributed by atoms with Crippen LogP contribution in [0.3, 0.4) is 0 Å². The minimum atomic E-state index is -4.44. The molecule has 2 aromatic heterocycles. The van der Waals surface area contributed by atoms with E-state index < -0.39 is 11.7 Å². The number of hydrogen-bond acceptors (Lipinski definition) is 5. The second kappa shape index (κ2) is 9.28. The number of anilines is 2. The lowest BCUT2D eigenvalue weighted by Crippen LogP contribution is -2.33. The second-order valence-corrected chi connectivity index (χ2v) is 7.85. The van der Waals surface area contributed by atoms with Crippen molar-refractivity contribution in [2.24, 2.45) is 0 Å². The fourth-order valence-electron chi connectivity index (χ4n) is 3.63. The number of hydrogen-bond donors (Lipinski definition) is 1. The van der Waals surface area contributed by atoms with Gasteiger partial charge < -0.3 is 10.1 Å². The Hall–Kier alpha value is -2.58. The highest BCUT2D eigenvalue weighted by atomic mass is 35.5. The van der Waals surface area contributed by atoms with E-state index in [0.717, 1.165) is 43.4 Å². The first-order chi connectivity index (χ1) is 14.9.